The predicted octanol–water partition coefficient (Wildman–Crippen LogP) is 12.9. The second-order valence-corrected chi connectivity index (χ2v) is 18.2. The molecule has 3 aliphatic carbocycles. The van der Waals surface area contributed by atoms with Crippen molar-refractivity contribution in [3.8, 4) is 91.1 Å². The molecule has 12 rings (SSSR count). The summed E-state index contributed by atoms with van der Waals surface area (Å²) in [5.41, 5.74) is 11.0. The van der Waals surface area contributed by atoms with Gasteiger partial charge >= 0.3 is 0 Å². The first-order valence-electron chi connectivity index (χ1n) is 22.9. The molecule has 0 radical (unpaired) electrons. The highest BCUT2D eigenvalue weighted by Gasteiger charge is 2.56. The Morgan fingerprint density at radius 2 is 0.785 bits per heavy atom. The van der Waals surface area contributed by atoms with Crippen molar-refractivity contribution in [1.82, 2.24) is 39.9 Å². The maximum atomic E-state index is 5.40. The van der Waals surface area contributed by atoms with Crippen molar-refractivity contribution in [2.24, 2.45) is 23.7 Å². The second kappa shape index (κ2) is 15.9. The molecule has 0 N–H and O–H groups in total. The quantitative estimate of drug-likeness (QED) is 0.156. The van der Waals surface area contributed by atoms with Gasteiger partial charge in [0.15, 0.2) is 40.8 Å². The van der Waals surface area contributed by atoms with Crippen LogP contribution in [0.4, 0.5) is 0 Å². The Hall–Kier alpha value is -7.58. The lowest BCUT2D eigenvalue weighted by Crippen LogP contribution is -2.49. The molecule has 65 heavy (non-hydrogen) atoms. The van der Waals surface area contributed by atoms with E-state index < -0.39 is 0 Å². The third-order valence-corrected chi connectivity index (χ3v) is 14.1. The van der Waals surface area contributed by atoms with Crippen molar-refractivity contribution in [3.05, 3.63) is 181 Å². The minimum atomic E-state index is -0.0969. The van der Waals surface area contributed by atoms with Crippen molar-refractivity contribution < 1.29 is 0 Å². The average Bonchev–Trinajstić information content (AvgIpc) is 3.67. The Morgan fingerprint density at radius 3 is 1.29 bits per heavy atom. The van der Waals surface area contributed by atoms with E-state index in [1.165, 1.54) is 47.9 Å². The smallest absolute Gasteiger partial charge is 0.182 e. The van der Waals surface area contributed by atoms with Crippen LogP contribution >= 0.6 is 0 Å². The molecular formula is C57H46N8. The Labute approximate surface area is 379 Å². The van der Waals surface area contributed by atoms with Gasteiger partial charge in [-0.2, -0.15) is 0 Å². The first-order valence-corrected chi connectivity index (χ1v) is 22.9. The van der Waals surface area contributed by atoms with Gasteiger partial charge in [0.1, 0.15) is 11.4 Å². The third-order valence-electron chi connectivity index (χ3n) is 14.1. The fourth-order valence-corrected chi connectivity index (χ4v) is 11.5. The van der Waals surface area contributed by atoms with Crippen molar-refractivity contribution in [2.45, 2.75) is 44.9 Å². The fourth-order valence-electron chi connectivity index (χ4n) is 11.5. The van der Waals surface area contributed by atoms with Gasteiger partial charge in [0.2, 0.25) is 0 Å². The summed E-state index contributed by atoms with van der Waals surface area (Å²) in [4.78, 5) is 41.3. The average molecular weight is 843 g/mol. The number of fused-ring (bicyclic) bond motifs is 8. The molecule has 8 heteroatoms. The van der Waals surface area contributed by atoms with Crippen LogP contribution in [0.15, 0.2) is 170 Å². The van der Waals surface area contributed by atoms with Crippen LogP contribution in [-0.2, 0) is 5.41 Å². The van der Waals surface area contributed by atoms with Gasteiger partial charge in [0.25, 0.3) is 0 Å². The van der Waals surface area contributed by atoms with Gasteiger partial charge in [0.05, 0.1) is 0 Å². The number of rotatable bonds is 7. The van der Waals surface area contributed by atoms with E-state index in [9.17, 15) is 0 Å². The number of hydrogen-bond donors (Lipinski definition) is 0. The van der Waals surface area contributed by atoms with Gasteiger partial charge in [-0.05, 0) is 83.7 Å². The molecule has 3 aliphatic rings. The third kappa shape index (κ3) is 6.83. The van der Waals surface area contributed by atoms with E-state index in [2.05, 4.69) is 56.3 Å². The van der Waals surface area contributed by atoms with Crippen LogP contribution in [-0.4, -0.2) is 39.9 Å². The van der Waals surface area contributed by atoms with Gasteiger partial charge in [-0.1, -0.05) is 172 Å². The second-order valence-electron chi connectivity index (χ2n) is 18.2. The van der Waals surface area contributed by atoms with Crippen molar-refractivity contribution in [3.63, 3.8) is 0 Å². The Balaban J connectivity index is 1.10. The molecule has 3 heterocycles. The number of benzene rings is 6. The molecule has 0 saturated heterocycles. The van der Waals surface area contributed by atoms with Crippen LogP contribution in [0.1, 0.15) is 50.7 Å². The SMILES string of the molecule is CC1CC2CC(C)C3(c4ccccc4-c4ccc(-c5nc(-c6nc(-c7ccccc7)nc(-c7ccccc7)n6)cc(-c6nc(-c7ccccc7)nc(-c7ccccc7)n6)n5)cc43)C(C1)C2. The van der Waals surface area contributed by atoms with Crippen molar-refractivity contribution in [1.29, 1.82) is 0 Å². The largest absolute Gasteiger partial charge is 0.225 e. The highest BCUT2D eigenvalue weighted by Crippen LogP contribution is 2.64. The van der Waals surface area contributed by atoms with Crippen LogP contribution in [0.3, 0.4) is 0 Å². The number of nitrogens with zero attached hydrogens (tertiary/aromatic N) is 8. The lowest BCUT2D eigenvalue weighted by molar-refractivity contribution is 0.0426. The van der Waals surface area contributed by atoms with Crippen LogP contribution in [0.25, 0.3) is 91.1 Å². The summed E-state index contributed by atoms with van der Waals surface area (Å²) >= 11 is 0. The molecule has 314 valence electrons. The normalized spacial score (nSPS) is 20.6. The van der Waals surface area contributed by atoms with E-state index in [0.717, 1.165) is 33.7 Å². The van der Waals surface area contributed by atoms with Gasteiger partial charge in [-0.15, -0.1) is 0 Å². The minimum Gasteiger partial charge on any atom is -0.225 e. The molecule has 2 saturated carbocycles. The van der Waals surface area contributed by atoms with Crippen LogP contribution in [0, 0.1) is 23.7 Å². The summed E-state index contributed by atoms with van der Waals surface area (Å²) in [5.74, 6) is 6.13. The molecule has 0 aliphatic heterocycles. The first kappa shape index (κ1) is 39.0. The highest BCUT2D eigenvalue weighted by atomic mass is 15.1. The molecule has 6 aromatic carbocycles. The molecule has 2 fully saturated rings. The first-order chi connectivity index (χ1) is 32.0. The van der Waals surface area contributed by atoms with Gasteiger partial charge in [0, 0.05) is 33.2 Å². The maximum absolute atomic E-state index is 5.40. The number of hydrogen-bond acceptors (Lipinski definition) is 8. The monoisotopic (exact) mass is 842 g/mol. The fraction of sp³-hybridized carbons (Fsp3) is 0.193. The Bertz CT molecular complexity index is 2950. The van der Waals surface area contributed by atoms with Crippen LogP contribution in [0.2, 0.25) is 0 Å². The molecule has 0 amide bonds. The van der Waals surface area contributed by atoms with E-state index in [0.29, 0.717) is 69.9 Å². The predicted molar refractivity (Wildman–Crippen MR) is 257 cm³/mol. The summed E-state index contributed by atoms with van der Waals surface area (Å²) in [6, 6.07) is 58.1. The summed E-state index contributed by atoms with van der Waals surface area (Å²) < 4.78 is 0. The van der Waals surface area contributed by atoms with E-state index in [-0.39, 0.29) is 5.41 Å². The van der Waals surface area contributed by atoms with Gasteiger partial charge < -0.3 is 0 Å². The van der Waals surface area contributed by atoms with E-state index in [4.69, 9.17) is 39.9 Å². The zero-order chi connectivity index (χ0) is 43.5. The van der Waals surface area contributed by atoms with Gasteiger partial charge in [-0.3, -0.25) is 0 Å². The highest BCUT2D eigenvalue weighted by molar-refractivity contribution is 5.84. The van der Waals surface area contributed by atoms with E-state index in [1.54, 1.807) is 0 Å². The van der Waals surface area contributed by atoms with E-state index in [1.807, 2.05) is 127 Å². The standard InChI is InChI=1S/C57H46N8/c1-35-29-37-31-36(2)57(43(30-35)32-37)46-26-16-15-25-44(46)45-28-27-42(33-47(45)57)54-58-48(55-62-50(38-17-7-3-8-18-38)60-51(63-55)39-19-9-4-10-20-39)34-49(59-54)56-64-52(40-21-11-5-12-22-40)61-53(65-56)41-23-13-6-14-24-41/h3-28,33-37,43H,29-32H2,1-2H3. The van der Waals surface area contributed by atoms with Crippen molar-refractivity contribution >= 4 is 0 Å². The van der Waals surface area contributed by atoms with Crippen LogP contribution in [0.5, 0.6) is 0 Å². The summed E-state index contributed by atoms with van der Waals surface area (Å²) in [7, 11) is 0. The maximum Gasteiger partial charge on any atom is 0.182 e. The van der Waals surface area contributed by atoms with Crippen LogP contribution < -0.4 is 0 Å². The number of aromatic nitrogens is 8. The zero-order valence-electron chi connectivity index (χ0n) is 36.4. The van der Waals surface area contributed by atoms with Crippen molar-refractivity contribution in [2.75, 3.05) is 0 Å². The summed E-state index contributed by atoms with van der Waals surface area (Å²) in [5, 5.41) is 0. The Kier molecular flexibility index (Phi) is 9.55. The molecular weight excluding hydrogens is 797 g/mol. The molecule has 5 atom stereocenters. The van der Waals surface area contributed by atoms with Gasteiger partial charge in [-0.25, -0.2) is 39.9 Å². The lowest BCUT2D eigenvalue weighted by Gasteiger charge is -2.54. The molecule has 5 unspecified atom stereocenters. The zero-order valence-corrected chi connectivity index (χ0v) is 36.4. The summed E-state index contributed by atoms with van der Waals surface area (Å²) in [6.45, 7) is 4.97. The molecule has 1 spiro atoms. The topological polar surface area (TPSA) is 103 Å². The summed E-state index contributed by atoms with van der Waals surface area (Å²) in [6.07, 6.45) is 5.06. The molecule has 9 aromatic rings. The molecule has 2 bridgehead atoms. The molecule has 3 aromatic heterocycles. The van der Waals surface area contributed by atoms with E-state index >= 15 is 0 Å². The lowest BCUT2D eigenvalue weighted by atomic mass is 9.49. The minimum absolute atomic E-state index is 0.0969. The molecule has 8 nitrogen and oxygen atoms in total. The Morgan fingerprint density at radius 1 is 0.354 bits per heavy atom.